The molecule has 1 saturated heterocycles. The van der Waals surface area contributed by atoms with Gasteiger partial charge in [0, 0.05) is 30.2 Å². The van der Waals surface area contributed by atoms with Crippen LogP contribution in [0.3, 0.4) is 0 Å². The van der Waals surface area contributed by atoms with Crippen molar-refractivity contribution in [3.05, 3.63) is 83.0 Å². The molecule has 0 aromatic carbocycles. The minimum Gasteiger partial charge on any atom is -0.505 e. The number of ketones is 1. The van der Waals surface area contributed by atoms with Crippen LogP contribution in [0.5, 0.6) is 0 Å². The number of anilines is 1. The van der Waals surface area contributed by atoms with Crippen LogP contribution in [0.15, 0.2) is 66.1 Å². The third-order valence-corrected chi connectivity index (χ3v) is 5.77. The van der Waals surface area contributed by atoms with E-state index in [-0.39, 0.29) is 11.3 Å². The number of carbonyl (C=O) groups is 2. The van der Waals surface area contributed by atoms with Crippen molar-refractivity contribution in [3.63, 3.8) is 0 Å². The number of aromatic nitrogens is 4. The van der Waals surface area contributed by atoms with Gasteiger partial charge in [0.05, 0.1) is 17.3 Å². The largest absolute Gasteiger partial charge is 0.505 e. The summed E-state index contributed by atoms with van der Waals surface area (Å²) in [7, 11) is 0. The molecule has 0 bridgehead atoms. The summed E-state index contributed by atoms with van der Waals surface area (Å²) in [5.74, 6) is -1.80. The van der Waals surface area contributed by atoms with Crippen LogP contribution >= 0.6 is 11.3 Å². The first kappa shape index (κ1) is 18.2. The highest BCUT2D eigenvalue weighted by atomic mass is 32.1. The summed E-state index contributed by atoms with van der Waals surface area (Å²) in [4.78, 5) is 40.2. The van der Waals surface area contributed by atoms with Crippen molar-refractivity contribution in [1.29, 1.82) is 0 Å². The zero-order chi connectivity index (χ0) is 20.8. The Bertz CT molecular complexity index is 1310. The molecule has 1 unspecified atom stereocenters. The number of thiazole rings is 1. The van der Waals surface area contributed by atoms with E-state index in [1.807, 2.05) is 6.07 Å². The lowest BCUT2D eigenvalue weighted by molar-refractivity contribution is -0.132. The number of aliphatic hydroxyl groups excluding tert-OH is 1. The zero-order valence-electron chi connectivity index (χ0n) is 15.8. The zero-order valence-corrected chi connectivity index (χ0v) is 16.6. The van der Waals surface area contributed by atoms with E-state index in [2.05, 4.69) is 15.0 Å². The molecule has 5 rings (SSSR count). The first-order valence-corrected chi connectivity index (χ1v) is 10.0. The van der Waals surface area contributed by atoms with Gasteiger partial charge in [-0.3, -0.25) is 23.9 Å². The lowest BCUT2D eigenvalue weighted by atomic mass is 9.97. The average molecular weight is 417 g/mol. The maximum Gasteiger partial charge on any atom is 0.301 e. The monoisotopic (exact) mass is 417 g/mol. The van der Waals surface area contributed by atoms with Crippen LogP contribution < -0.4 is 4.90 Å². The van der Waals surface area contributed by atoms with E-state index in [1.54, 1.807) is 65.8 Å². The van der Waals surface area contributed by atoms with E-state index in [0.29, 0.717) is 27.7 Å². The summed E-state index contributed by atoms with van der Waals surface area (Å²) in [5, 5.41) is 13.4. The first-order valence-electron chi connectivity index (χ1n) is 9.12. The van der Waals surface area contributed by atoms with Crippen LogP contribution in [0.1, 0.15) is 23.0 Å². The fourth-order valence-corrected chi connectivity index (χ4v) is 4.41. The number of pyridine rings is 2. The molecule has 30 heavy (non-hydrogen) atoms. The molecule has 5 heterocycles. The highest BCUT2D eigenvalue weighted by Crippen LogP contribution is 2.42. The molecule has 1 aliphatic heterocycles. The predicted molar refractivity (Wildman–Crippen MR) is 111 cm³/mol. The van der Waals surface area contributed by atoms with Gasteiger partial charge < -0.3 is 5.11 Å². The maximum absolute atomic E-state index is 13.1. The lowest BCUT2D eigenvalue weighted by Crippen LogP contribution is -2.29. The topological polar surface area (TPSA) is 101 Å². The second-order valence-electron chi connectivity index (χ2n) is 6.74. The number of hydrogen-bond donors (Lipinski definition) is 1. The second kappa shape index (κ2) is 6.89. The highest BCUT2D eigenvalue weighted by Gasteiger charge is 2.48. The van der Waals surface area contributed by atoms with E-state index < -0.39 is 17.7 Å². The van der Waals surface area contributed by atoms with Crippen molar-refractivity contribution in [2.45, 2.75) is 13.0 Å². The van der Waals surface area contributed by atoms with Crippen LogP contribution in [0.25, 0.3) is 11.4 Å². The SMILES string of the molecule is Cc1nc2ccccn2c1C(O)=C1C(=O)C(=O)N(c2nccs2)C1c1cccnc1. The summed E-state index contributed by atoms with van der Waals surface area (Å²) in [6.07, 6.45) is 6.49. The quantitative estimate of drug-likeness (QED) is 0.312. The number of amides is 1. The molecular weight excluding hydrogens is 402 g/mol. The van der Waals surface area contributed by atoms with E-state index in [1.165, 1.54) is 16.2 Å². The first-order chi connectivity index (χ1) is 14.6. The van der Waals surface area contributed by atoms with Gasteiger partial charge in [-0.05, 0) is 30.7 Å². The molecule has 1 atom stereocenters. The van der Waals surface area contributed by atoms with Gasteiger partial charge in [0.15, 0.2) is 10.9 Å². The third-order valence-electron chi connectivity index (χ3n) is 5.00. The van der Waals surface area contributed by atoms with Crippen molar-refractivity contribution in [2.75, 3.05) is 4.90 Å². The Balaban J connectivity index is 1.79. The summed E-state index contributed by atoms with van der Waals surface area (Å²) in [6, 6.07) is 8.07. The lowest BCUT2D eigenvalue weighted by Gasteiger charge is -2.22. The Morgan fingerprint density at radius 2 is 2.03 bits per heavy atom. The smallest absolute Gasteiger partial charge is 0.301 e. The fourth-order valence-electron chi connectivity index (χ4n) is 3.74. The number of carbonyl (C=O) groups excluding carboxylic acids is 2. The number of aliphatic hydroxyl groups is 1. The average Bonchev–Trinajstić information content (AvgIpc) is 3.45. The van der Waals surface area contributed by atoms with Gasteiger partial charge in [-0.2, -0.15) is 0 Å². The fraction of sp³-hybridized carbons (Fsp3) is 0.0952. The molecule has 0 saturated carbocycles. The number of Topliss-reactive ketones (excluding diaryl/α,β-unsaturated/α-hetero) is 1. The molecule has 0 spiro atoms. The van der Waals surface area contributed by atoms with Crippen LogP contribution in [-0.2, 0) is 9.59 Å². The Morgan fingerprint density at radius 3 is 2.77 bits per heavy atom. The van der Waals surface area contributed by atoms with Gasteiger partial charge in [0.2, 0.25) is 0 Å². The number of aryl methyl sites for hydroxylation is 1. The van der Waals surface area contributed by atoms with Crippen molar-refractivity contribution in [2.24, 2.45) is 0 Å². The van der Waals surface area contributed by atoms with Crippen molar-refractivity contribution < 1.29 is 14.7 Å². The Labute approximate surface area is 174 Å². The number of hydrogen-bond acceptors (Lipinski definition) is 7. The molecule has 4 aromatic heterocycles. The van der Waals surface area contributed by atoms with Crippen LogP contribution in [-0.4, -0.2) is 36.1 Å². The minimum absolute atomic E-state index is 0.0167. The Morgan fingerprint density at radius 1 is 1.17 bits per heavy atom. The summed E-state index contributed by atoms with van der Waals surface area (Å²) >= 11 is 1.24. The number of imidazole rings is 1. The molecule has 4 aromatic rings. The molecule has 1 amide bonds. The van der Waals surface area contributed by atoms with Crippen LogP contribution in [0.4, 0.5) is 5.13 Å². The minimum atomic E-state index is -0.849. The Kier molecular flexibility index (Phi) is 4.18. The van der Waals surface area contributed by atoms with E-state index in [0.717, 1.165) is 0 Å². The summed E-state index contributed by atoms with van der Waals surface area (Å²) < 4.78 is 1.70. The molecule has 148 valence electrons. The van der Waals surface area contributed by atoms with E-state index in [4.69, 9.17) is 0 Å². The normalized spacial score (nSPS) is 18.4. The standard InChI is InChI=1S/C21H15N5O3S/c1-12-16(25-9-3-2-6-14(25)24-12)18(27)15-17(13-5-4-7-22-11-13)26(20(29)19(15)28)21-23-8-10-30-21/h2-11,17,27H,1H3. The van der Waals surface area contributed by atoms with Gasteiger partial charge in [0.25, 0.3) is 5.78 Å². The molecule has 0 aliphatic carbocycles. The molecule has 1 aliphatic rings. The highest BCUT2D eigenvalue weighted by molar-refractivity contribution is 7.14. The Hall–Kier alpha value is -3.85. The van der Waals surface area contributed by atoms with Crippen LogP contribution in [0.2, 0.25) is 0 Å². The molecule has 0 radical (unpaired) electrons. The van der Waals surface area contributed by atoms with Crippen molar-refractivity contribution >= 4 is 39.6 Å². The van der Waals surface area contributed by atoms with E-state index >= 15 is 0 Å². The maximum atomic E-state index is 13.1. The molecule has 9 heteroatoms. The van der Waals surface area contributed by atoms with Crippen molar-refractivity contribution in [3.8, 4) is 0 Å². The van der Waals surface area contributed by atoms with Crippen molar-refractivity contribution in [1.82, 2.24) is 19.4 Å². The predicted octanol–water partition coefficient (Wildman–Crippen LogP) is 3.12. The van der Waals surface area contributed by atoms with Gasteiger partial charge >= 0.3 is 5.91 Å². The number of rotatable bonds is 3. The third kappa shape index (κ3) is 2.63. The molecule has 1 N–H and O–H groups in total. The second-order valence-corrected chi connectivity index (χ2v) is 7.62. The van der Waals surface area contributed by atoms with Gasteiger partial charge in [-0.1, -0.05) is 12.1 Å². The molecule has 8 nitrogen and oxygen atoms in total. The van der Waals surface area contributed by atoms with Crippen LogP contribution in [0, 0.1) is 6.92 Å². The summed E-state index contributed by atoms with van der Waals surface area (Å²) in [6.45, 7) is 1.75. The number of nitrogens with zero attached hydrogens (tertiary/aromatic N) is 5. The molecular formula is C21H15N5O3S. The molecule has 1 fully saturated rings. The number of fused-ring (bicyclic) bond motifs is 1. The van der Waals surface area contributed by atoms with E-state index in [9.17, 15) is 14.7 Å². The summed E-state index contributed by atoms with van der Waals surface area (Å²) in [5.41, 5.74) is 2.13. The van der Waals surface area contributed by atoms with Gasteiger partial charge in [-0.25, -0.2) is 9.97 Å². The van der Waals surface area contributed by atoms with Gasteiger partial charge in [0.1, 0.15) is 11.3 Å². The van der Waals surface area contributed by atoms with Gasteiger partial charge in [-0.15, -0.1) is 11.3 Å².